The molecule has 1 atom stereocenters. The van der Waals surface area contributed by atoms with Gasteiger partial charge in [0.25, 0.3) is 0 Å². The quantitative estimate of drug-likeness (QED) is 0.833. The average Bonchev–Trinajstić information content (AvgIpc) is 2.32. The lowest BCUT2D eigenvalue weighted by Crippen LogP contribution is -2.41. The van der Waals surface area contributed by atoms with E-state index in [1.165, 1.54) is 4.90 Å². The third-order valence-electron chi connectivity index (χ3n) is 2.78. The van der Waals surface area contributed by atoms with Crippen LogP contribution in [-0.4, -0.2) is 29.4 Å². The minimum absolute atomic E-state index is 0.0467. The van der Waals surface area contributed by atoms with E-state index in [9.17, 15) is 4.79 Å². The minimum atomic E-state index is -0.746. The van der Waals surface area contributed by atoms with Crippen molar-refractivity contribution in [2.24, 2.45) is 0 Å². The van der Waals surface area contributed by atoms with Gasteiger partial charge in [-0.15, -0.1) is 18.3 Å². The summed E-state index contributed by atoms with van der Waals surface area (Å²) < 4.78 is 0. The van der Waals surface area contributed by atoms with Crippen molar-refractivity contribution in [1.82, 2.24) is 0 Å². The molecule has 90 valence electrons. The molecule has 0 amide bonds. The van der Waals surface area contributed by atoms with Gasteiger partial charge in [-0.1, -0.05) is 18.2 Å². The predicted molar refractivity (Wildman–Crippen MR) is 70.7 cm³/mol. The highest BCUT2D eigenvalue weighted by Gasteiger charge is 2.27. The van der Waals surface area contributed by atoms with Crippen molar-refractivity contribution in [2.45, 2.75) is 17.4 Å². The highest BCUT2D eigenvalue weighted by molar-refractivity contribution is 7.99. The maximum atomic E-state index is 10.9. The summed E-state index contributed by atoms with van der Waals surface area (Å²) in [5, 5.41) is 8.94. The number of nitrogens with zero attached hydrogens (tertiary/aromatic N) is 1. The first-order valence-corrected chi connectivity index (χ1v) is 6.52. The summed E-state index contributed by atoms with van der Waals surface area (Å²) in [7, 11) is 0. The number of fused-ring (bicyclic) bond motifs is 1. The Labute approximate surface area is 105 Å². The van der Waals surface area contributed by atoms with Gasteiger partial charge in [0.05, 0.1) is 12.1 Å². The normalized spacial score (nSPS) is 18.6. The van der Waals surface area contributed by atoms with Gasteiger partial charge in [-0.3, -0.25) is 4.79 Å². The van der Waals surface area contributed by atoms with Crippen LogP contribution in [0.1, 0.15) is 6.42 Å². The Balaban J connectivity index is 2.28. The third-order valence-corrected chi connectivity index (χ3v) is 3.99. The molecule has 0 radical (unpaired) electrons. The Hall–Kier alpha value is -1.42. The number of carboxylic acids is 1. The zero-order chi connectivity index (χ0) is 12.3. The van der Waals surface area contributed by atoms with E-state index >= 15 is 0 Å². The number of carboxylic acid groups (broad SMARTS) is 1. The summed E-state index contributed by atoms with van der Waals surface area (Å²) in [6, 6.07) is 8.16. The van der Waals surface area contributed by atoms with Crippen LogP contribution in [0.3, 0.4) is 0 Å². The van der Waals surface area contributed by atoms with E-state index in [0.717, 1.165) is 11.4 Å². The summed E-state index contributed by atoms with van der Waals surface area (Å²) in [6.07, 6.45) is 2.00. The summed E-state index contributed by atoms with van der Waals surface area (Å²) in [4.78, 5) is 14.2. The molecule has 1 heterocycles. The summed E-state index contributed by atoms with van der Waals surface area (Å²) >= 11 is 1.73. The Morgan fingerprint density at radius 1 is 1.59 bits per heavy atom. The summed E-state index contributed by atoms with van der Waals surface area (Å²) in [6.45, 7) is 4.44. The van der Waals surface area contributed by atoms with Gasteiger partial charge in [-0.2, -0.15) is 0 Å². The van der Waals surface area contributed by atoms with E-state index in [4.69, 9.17) is 5.11 Å². The molecule has 1 unspecified atom stereocenters. The number of aliphatic carboxylic acids is 1. The topological polar surface area (TPSA) is 40.5 Å². The van der Waals surface area contributed by atoms with Crippen molar-refractivity contribution in [3.8, 4) is 0 Å². The second-order valence-electron chi connectivity index (χ2n) is 3.97. The fraction of sp³-hybridized carbons (Fsp3) is 0.308. The number of thioether (sulfide) groups is 1. The first kappa shape index (κ1) is 12.0. The van der Waals surface area contributed by atoms with E-state index in [1.807, 2.05) is 24.3 Å². The monoisotopic (exact) mass is 249 g/mol. The standard InChI is InChI=1S/C13H15NO2S/c1-2-7-14-10(8-13(15)16)9-17-12-6-4-3-5-11(12)14/h2-6,10H,1,7-9H2,(H,15,16). The van der Waals surface area contributed by atoms with Gasteiger partial charge < -0.3 is 10.0 Å². The van der Waals surface area contributed by atoms with Gasteiger partial charge >= 0.3 is 5.97 Å². The van der Waals surface area contributed by atoms with Crippen LogP contribution in [0, 0.1) is 0 Å². The smallest absolute Gasteiger partial charge is 0.305 e. The van der Waals surface area contributed by atoms with Gasteiger partial charge in [-0.05, 0) is 12.1 Å². The molecule has 1 aliphatic rings. The second kappa shape index (κ2) is 5.27. The highest BCUT2D eigenvalue weighted by atomic mass is 32.2. The van der Waals surface area contributed by atoms with Crippen LogP contribution in [0.25, 0.3) is 0 Å². The lowest BCUT2D eigenvalue weighted by Gasteiger charge is -2.37. The van der Waals surface area contributed by atoms with Crippen molar-refractivity contribution in [3.63, 3.8) is 0 Å². The molecule has 17 heavy (non-hydrogen) atoms. The molecular weight excluding hydrogens is 234 g/mol. The number of hydrogen-bond acceptors (Lipinski definition) is 3. The lowest BCUT2D eigenvalue weighted by atomic mass is 10.1. The van der Waals surface area contributed by atoms with Crippen LogP contribution >= 0.6 is 11.8 Å². The summed E-state index contributed by atoms with van der Waals surface area (Å²) in [5.41, 5.74) is 1.12. The predicted octanol–water partition coefficient (Wildman–Crippen LogP) is 2.63. The number of rotatable bonds is 4. The number of benzene rings is 1. The molecule has 4 heteroatoms. The fourth-order valence-corrected chi connectivity index (χ4v) is 3.22. The molecule has 3 nitrogen and oxygen atoms in total. The van der Waals surface area contributed by atoms with Gasteiger partial charge in [0.2, 0.25) is 0 Å². The molecule has 0 spiro atoms. The third kappa shape index (κ3) is 2.64. The number of carbonyl (C=O) groups is 1. The molecule has 0 bridgehead atoms. The Bertz CT molecular complexity index is 433. The van der Waals surface area contributed by atoms with Crippen LogP contribution in [0.2, 0.25) is 0 Å². The van der Waals surface area contributed by atoms with E-state index in [1.54, 1.807) is 11.8 Å². The SMILES string of the molecule is C=CCN1c2ccccc2SCC1CC(=O)O. The molecule has 1 aromatic carbocycles. The van der Waals surface area contributed by atoms with Crippen molar-refractivity contribution in [2.75, 3.05) is 17.2 Å². The first-order valence-electron chi connectivity index (χ1n) is 5.53. The van der Waals surface area contributed by atoms with Crippen LogP contribution in [0.4, 0.5) is 5.69 Å². The van der Waals surface area contributed by atoms with Gasteiger partial charge in [0.1, 0.15) is 0 Å². The van der Waals surface area contributed by atoms with Crippen molar-refractivity contribution >= 4 is 23.4 Å². The van der Waals surface area contributed by atoms with Crippen LogP contribution in [0.5, 0.6) is 0 Å². The van der Waals surface area contributed by atoms with E-state index in [-0.39, 0.29) is 12.5 Å². The van der Waals surface area contributed by atoms with Crippen molar-refractivity contribution in [1.29, 1.82) is 0 Å². The largest absolute Gasteiger partial charge is 0.481 e. The number of hydrogen-bond donors (Lipinski definition) is 1. The fourth-order valence-electron chi connectivity index (χ4n) is 2.05. The molecule has 1 N–H and O–H groups in total. The second-order valence-corrected chi connectivity index (χ2v) is 5.03. The van der Waals surface area contributed by atoms with E-state index in [2.05, 4.69) is 17.5 Å². The molecule has 2 rings (SSSR count). The van der Waals surface area contributed by atoms with Gasteiger partial charge in [0.15, 0.2) is 0 Å². The van der Waals surface area contributed by atoms with Gasteiger partial charge in [-0.25, -0.2) is 0 Å². The maximum Gasteiger partial charge on any atom is 0.305 e. The van der Waals surface area contributed by atoms with Gasteiger partial charge in [0, 0.05) is 23.2 Å². The molecule has 0 saturated carbocycles. The molecule has 0 aromatic heterocycles. The Kier molecular flexibility index (Phi) is 3.74. The number of anilines is 1. The molecular formula is C13H15NO2S. The molecule has 1 aromatic rings. The zero-order valence-corrected chi connectivity index (χ0v) is 10.3. The Morgan fingerprint density at radius 2 is 2.35 bits per heavy atom. The van der Waals surface area contributed by atoms with E-state index in [0.29, 0.717) is 6.54 Å². The van der Waals surface area contributed by atoms with Crippen molar-refractivity contribution in [3.05, 3.63) is 36.9 Å². The molecule has 0 saturated heterocycles. The zero-order valence-electron chi connectivity index (χ0n) is 9.50. The molecule has 0 aliphatic carbocycles. The van der Waals surface area contributed by atoms with Crippen LogP contribution < -0.4 is 4.90 Å². The maximum absolute atomic E-state index is 10.9. The van der Waals surface area contributed by atoms with Crippen LogP contribution in [0.15, 0.2) is 41.8 Å². The average molecular weight is 249 g/mol. The van der Waals surface area contributed by atoms with E-state index < -0.39 is 5.97 Å². The molecule has 0 fully saturated rings. The highest BCUT2D eigenvalue weighted by Crippen LogP contribution is 2.37. The Morgan fingerprint density at radius 3 is 3.06 bits per heavy atom. The first-order chi connectivity index (χ1) is 8.22. The van der Waals surface area contributed by atoms with Crippen molar-refractivity contribution < 1.29 is 9.90 Å². The lowest BCUT2D eigenvalue weighted by molar-refractivity contribution is -0.137. The minimum Gasteiger partial charge on any atom is -0.481 e. The van der Waals surface area contributed by atoms with Crippen LogP contribution in [-0.2, 0) is 4.79 Å². The molecule has 1 aliphatic heterocycles. The summed E-state index contributed by atoms with van der Waals surface area (Å²) in [5.74, 6) is 0.0704. The number of para-hydroxylation sites is 1.